The van der Waals surface area contributed by atoms with E-state index in [-0.39, 0.29) is 18.8 Å². The van der Waals surface area contributed by atoms with Gasteiger partial charge in [-0.05, 0) is 42.0 Å². The standard InChI is InChI=1S/C18H14Cl2N4OS.ClH/c1-25-13-7-5-12(6-8-13)24-17(9-10-21)22-23-18(24)26-11-14-15(19)3-2-4-16(14)20;/h2-8H,9,11H2,1H3;1H. The van der Waals surface area contributed by atoms with E-state index in [4.69, 9.17) is 33.2 Å². The summed E-state index contributed by atoms with van der Waals surface area (Å²) in [5, 5.41) is 19.3. The number of hydrogen-bond donors (Lipinski definition) is 0. The van der Waals surface area contributed by atoms with Crippen LogP contribution in [0.5, 0.6) is 5.75 Å². The number of benzene rings is 2. The number of rotatable bonds is 6. The predicted molar refractivity (Wildman–Crippen MR) is 110 cm³/mol. The number of ether oxygens (including phenoxy) is 1. The quantitative estimate of drug-likeness (QED) is 0.482. The van der Waals surface area contributed by atoms with E-state index in [9.17, 15) is 0 Å². The van der Waals surface area contributed by atoms with Crippen LogP contribution >= 0.6 is 47.4 Å². The maximum Gasteiger partial charge on any atom is 0.196 e. The molecule has 1 heterocycles. The number of hydrogen-bond acceptors (Lipinski definition) is 5. The van der Waals surface area contributed by atoms with Crippen molar-refractivity contribution in [3.63, 3.8) is 0 Å². The fraction of sp³-hybridized carbons (Fsp3) is 0.167. The van der Waals surface area contributed by atoms with Crippen LogP contribution in [0.3, 0.4) is 0 Å². The summed E-state index contributed by atoms with van der Waals surface area (Å²) in [7, 11) is 1.61. The highest BCUT2D eigenvalue weighted by Crippen LogP contribution is 2.32. The lowest BCUT2D eigenvalue weighted by molar-refractivity contribution is 0.414. The summed E-state index contributed by atoms with van der Waals surface area (Å²) in [5.74, 6) is 1.87. The summed E-state index contributed by atoms with van der Waals surface area (Å²) in [5.41, 5.74) is 1.70. The van der Waals surface area contributed by atoms with Gasteiger partial charge in [-0.15, -0.1) is 22.6 Å². The van der Waals surface area contributed by atoms with E-state index in [1.807, 2.05) is 34.9 Å². The van der Waals surface area contributed by atoms with Crippen molar-refractivity contribution >= 4 is 47.4 Å². The minimum absolute atomic E-state index is 0. The van der Waals surface area contributed by atoms with Crippen LogP contribution < -0.4 is 4.74 Å². The van der Waals surface area contributed by atoms with Gasteiger partial charge in [0.05, 0.1) is 19.6 Å². The predicted octanol–water partition coefficient (Wildman–Crippen LogP) is 5.36. The van der Waals surface area contributed by atoms with Crippen LogP contribution in [0.25, 0.3) is 5.69 Å². The van der Waals surface area contributed by atoms with Crippen molar-refractivity contribution in [2.75, 3.05) is 7.11 Å². The van der Waals surface area contributed by atoms with E-state index >= 15 is 0 Å². The third-order valence-corrected chi connectivity index (χ3v) is 5.34. The highest BCUT2D eigenvalue weighted by molar-refractivity contribution is 7.98. The number of methoxy groups -OCH3 is 1. The summed E-state index contributed by atoms with van der Waals surface area (Å²) in [6.45, 7) is 0. The summed E-state index contributed by atoms with van der Waals surface area (Å²) >= 11 is 13.9. The lowest BCUT2D eigenvalue weighted by Gasteiger charge is -2.11. The van der Waals surface area contributed by atoms with Crippen LogP contribution in [0, 0.1) is 11.3 Å². The van der Waals surface area contributed by atoms with Gasteiger partial charge in [0, 0.05) is 21.5 Å². The topological polar surface area (TPSA) is 63.7 Å². The van der Waals surface area contributed by atoms with Crippen LogP contribution in [-0.2, 0) is 12.2 Å². The zero-order valence-electron chi connectivity index (χ0n) is 14.2. The molecule has 2 aromatic carbocycles. The van der Waals surface area contributed by atoms with Gasteiger partial charge in [0.2, 0.25) is 0 Å². The van der Waals surface area contributed by atoms with Crippen molar-refractivity contribution in [3.8, 4) is 17.5 Å². The van der Waals surface area contributed by atoms with Gasteiger partial charge in [-0.2, -0.15) is 5.26 Å². The SMILES string of the molecule is COc1ccc(-n2c(CC#N)nnc2SCc2c(Cl)cccc2Cl)cc1.Cl. The van der Waals surface area contributed by atoms with Gasteiger partial charge < -0.3 is 4.74 Å². The minimum Gasteiger partial charge on any atom is -0.497 e. The van der Waals surface area contributed by atoms with E-state index in [0.29, 0.717) is 26.8 Å². The largest absolute Gasteiger partial charge is 0.497 e. The lowest BCUT2D eigenvalue weighted by atomic mass is 10.2. The molecule has 0 saturated carbocycles. The molecule has 0 N–H and O–H groups in total. The molecule has 0 saturated heterocycles. The van der Waals surface area contributed by atoms with Gasteiger partial charge in [0.1, 0.15) is 5.75 Å². The Balaban J connectivity index is 0.00000261. The molecule has 0 aliphatic heterocycles. The lowest BCUT2D eigenvalue weighted by Crippen LogP contribution is -2.02. The Labute approximate surface area is 177 Å². The Morgan fingerprint density at radius 2 is 1.78 bits per heavy atom. The van der Waals surface area contributed by atoms with Crippen LogP contribution in [0.2, 0.25) is 10.0 Å². The van der Waals surface area contributed by atoms with Gasteiger partial charge in [0.15, 0.2) is 11.0 Å². The van der Waals surface area contributed by atoms with Gasteiger partial charge in [-0.25, -0.2) is 0 Å². The monoisotopic (exact) mass is 440 g/mol. The molecular weight excluding hydrogens is 427 g/mol. The van der Waals surface area contributed by atoms with Gasteiger partial charge in [0.25, 0.3) is 0 Å². The maximum atomic E-state index is 9.07. The summed E-state index contributed by atoms with van der Waals surface area (Å²) in [6.07, 6.45) is 0.159. The fourth-order valence-electron chi connectivity index (χ4n) is 2.38. The van der Waals surface area contributed by atoms with Crippen molar-refractivity contribution in [2.24, 2.45) is 0 Å². The molecule has 9 heteroatoms. The van der Waals surface area contributed by atoms with E-state index in [0.717, 1.165) is 17.0 Å². The number of halogens is 3. The zero-order valence-corrected chi connectivity index (χ0v) is 17.4. The second kappa shape index (κ2) is 9.86. The molecule has 140 valence electrons. The molecule has 0 unspecified atom stereocenters. The van der Waals surface area contributed by atoms with Crippen LogP contribution in [0.15, 0.2) is 47.6 Å². The van der Waals surface area contributed by atoms with Crippen LogP contribution in [-0.4, -0.2) is 21.9 Å². The molecule has 0 aliphatic carbocycles. The van der Waals surface area contributed by atoms with E-state index in [1.54, 1.807) is 19.2 Å². The third kappa shape index (κ3) is 4.88. The van der Waals surface area contributed by atoms with Crippen LogP contribution in [0.4, 0.5) is 0 Å². The molecule has 5 nitrogen and oxygen atoms in total. The van der Waals surface area contributed by atoms with Crippen LogP contribution in [0.1, 0.15) is 11.4 Å². The highest BCUT2D eigenvalue weighted by Gasteiger charge is 2.16. The maximum absolute atomic E-state index is 9.07. The molecule has 0 aliphatic rings. The fourth-order valence-corrected chi connectivity index (χ4v) is 4.09. The van der Waals surface area contributed by atoms with Gasteiger partial charge in [-0.3, -0.25) is 4.57 Å². The number of aromatic nitrogens is 3. The average Bonchev–Trinajstić information content (AvgIpc) is 3.04. The van der Waals surface area contributed by atoms with Gasteiger partial charge in [-0.1, -0.05) is 41.0 Å². The average molecular weight is 442 g/mol. The molecule has 0 bridgehead atoms. The normalized spacial score (nSPS) is 10.1. The second-order valence-corrected chi connectivity index (χ2v) is 7.01. The number of nitrogens with zero attached hydrogens (tertiary/aromatic N) is 4. The molecule has 0 fully saturated rings. The van der Waals surface area contributed by atoms with Crippen molar-refractivity contribution in [2.45, 2.75) is 17.3 Å². The smallest absolute Gasteiger partial charge is 0.196 e. The van der Waals surface area contributed by atoms with Gasteiger partial charge >= 0.3 is 0 Å². The van der Waals surface area contributed by atoms with E-state index in [1.165, 1.54) is 11.8 Å². The minimum atomic E-state index is 0. The molecular formula is C18H15Cl3N4OS. The Kier molecular flexibility index (Phi) is 7.81. The Morgan fingerprint density at radius 1 is 1.11 bits per heavy atom. The Bertz CT molecular complexity index is 934. The number of nitriles is 1. The molecule has 0 spiro atoms. The molecule has 0 atom stereocenters. The van der Waals surface area contributed by atoms with Crippen molar-refractivity contribution < 1.29 is 4.74 Å². The Hall–Kier alpha value is -1.91. The molecule has 3 aromatic rings. The molecule has 0 amide bonds. The molecule has 27 heavy (non-hydrogen) atoms. The van der Waals surface area contributed by atoms with Crippen molar-refractivity contribution in [1.82, 2.24) is 14.8 Å². The summed E-state index contributed by atoms with van der Waals surface area (Å²) in [4.78, 5) is 0. The number of thioether (sulfide) groups is 1. The Morgan fingerprint density at radius 3 is 2.37 bits per heavy atom. The third-order valence-electron chi connectivity index (χ3n) is 3.68. The second-order valence-electron chi connectivity index (χ2n) is 5.26. The molecule has 1 aromatic heterocycles. The first-order valence-electron chi connectivity index (χ1n) is 7.65. The first-order valence-corrected chi connectivity index (χ1v) is 9.39. The summed E-state index contributed by atoms with van der Waals surface area (Å²) in [6, 6.07) is 15.0. The van der Waals surface area contributed by atoms with E-state index in [2.05, 4.69) is 16.3 Å². The first kappa shape index (κ1) is 21.4. The summed E-state index contributed by atoms with van der Waals surface area (Å²) < 4.78 is 7.06. The highest BCUT2D eigenvalue weighted by atomic mass is 35.5. The molecule has 0 radical (unpaired) electrons. The van der Waals surface area contributed by atoms with Crippen molar-refractivity contribution in [1.29, 1.82) is 5.26 Å². The van der Waals surface area contributed by atoms with Crippen molar-refractivity contribution in [3.05, 3.63) is 63.9 Å². The molecule has 3 rings (SSSR count). The zero-order chi connectivity index (χ0) is 18.5. The van der Waals surface area contributed by atoms with E-state index < -0.39 is 0 Å². The first-order chi connectivity index (χ1) is 12.6.